The van der Waals surface area contributed by atoms with Crippen molar-refractivity contribution < 1.29 is 5.11 Å². The van der Waals surface area contributed by atoms with Gasteiger partial charge in [0.15, 0.2) is 0 Å². The maximum absolute atomic E-state index is 9.76. The molecule has 1 atom stereocenters. The van der Waals surface area contributed by atoms with Crippen molar-refractivity contribution in [3.8, 4) is 12.3 Å². The molecule has 1 aromatic rings. The zero-order valence-electron chi connectivity index (χ0n) is 14.7. The van der Waals surface area contributed by atoms with Crippen LogP contribution in [0, 0.1) is 12.3 Å². The molecule has 0 amide bonds. The number of hydrogen-bond donors (Lipinski definition) is 1. The van der Waals surface area contributed by atoms with E-state index in [1.165, 1.54) is 11.1 Å². The smallest absolute Gasteiger partial charge is 0.0639 e. The summed E-state index contributed by atoms with van der Waals surface area (Å²) in [5.41, 5.74) is 4.25. The summed E-state index contributed by atoms with van der Waals surface area (Å²) in [6.45, 7) is 13.5. The number of aliphatic hydroxyl groups excluding tert-OH is 1. The van der Waals surface area contributed by atoms with E-state index < -0.39 is 0 Å². The van der Waals surface area contributed by atoms with Crippen LogP contribution in [0.4, 0.5) is 0 Å². The Bertz CT molecular complexity index is 632. The maximum atomic E-state index is 9.76. The van der Waals surface area contributed by atoms with Gasteiger partial charge in [0.05, 0.1) is 6.10 Å². The molecule has 2 heteroatoms. The lowest BCUT2D eigenvalue weighted by Crippen LogP contribution is -2.32. The van der Waals surface area contributed by atoms with Crippen LogP contribution >= 0.6 is 0 Å². The van der Waals surface area contributed by atoms with Crippen molar-refractivity contribution in [1.82, 2.24) is 4.90 Å². The predicted octanol–water partition coefficient (Wildman–Crippen LogP) is 4.10. The van der Waals surface area contributed by atoms with Gasteiger partial charge in [-0.1, -0.05) is 61.1 Å². The molecule has 0 saturated carbocycles. The summed E-state index contributed by atoms with van der Waals surface area (Å²) < 4.78 is 0. The van der Waals surface area contributed by atoms with Gasteiger partial charge in [0.25, 0.3) is 0 Å². The fourth-order valence-electron chi connectivity index (χ4n) is 2.39. The first-order valence-electron chi connectivity index (χ1n) is 8.06. The third-order valence-corrected chi connectivity index (χ3v) is 3.55. The van der Waals surface area contributed by atoms with Gasteiger partial charge in [-0.05, 0) is 37.1 Å². The Balaban J connectivity index is 2.82. The fourth-order valence-corrected chi connectivity index (χ4v) is 2.39. The molecule has 0 bridgehead atoms. The Hall–Kier alpha value is -2.34. The predicted molar refractivity (Wildman–Crippen MR) is 104 cm³/mol. The first-order valence-corrected chi connectivity index (χ1v) is 8.06. The highest BCUT2D eigenvalue weighted by atomic mass is 16.3. The Morgan fingerprint density at radius 2 is 1.88 bits per heavy atom. The first kappa shape index (κ1) is 19.7. The van der Waals surface area contributed by atoms with Gasteiger partial charge in [-0.3, -0.25) is 4.90 Å². The Morgan fingerprint density at radius 3 is 2.38 bits per heavy atom. The second-order valence-electron chi connectivity index (χ2n) is 5.95. The van der Waals surface area contributed by atoms with E-state index in [2.05, 4.69) is 37.0 Å². The molecule has 0 heterocycles. The SMILES string of the molecule is C#Cc1ccc(CN(C/C(C)=C/C=C(C=C)C=C)CC(C)O)cc1. The van der Waals surface area contributed by atoms with Crippen LogP contribution in [0.5, 0.6) is 0 Å². The third-order valence-electron chi connectivity index (χ3n) is 3.55. The number of benzene rings is 1. The normalized spacial score (nSPS) is 12.4. The summed E-state index contributed by atoms with van der Waals surface area (Å²) in [5, 5.41) is 9.76. The lowest BCUT2D eigenvalue weighted by Gasteiger charge is -2.24. The van der Waals surface area contributed by atoms with E-state index in [9.17, 15) is 5.11 Å². The van der Waals surface area contributed by atoms with Crippen LogP contribution < -0.4 is 0 Å². The standard InChI is InChI=1S/C22H27NO/c1-6-20(7-2)10-9-18(4)15-23(16-19(5)24)17-22-13-11-21(8-3)12-14-22/h3,6-7,9-14,19,24H,1-2,15-17H2,4-5H3/b18-9+. The van der Waals surface area contributed by atoms with Crippen molar-refractivity contribution >= 4 is 0 Å². The average molecular weight is 321 g/mol. The van der Waals surface area contributed by atoms with Crippen molar-refractivity contribution in [2.45, 2.75) is 26.5 Å². The van der Waals surface area contributed by atoms with Gasteiger partial charge in [-0.15, -0.1) is 6.42 Å². The summed E-state index contributed by atoms with van der Waals surface area (Å²) >= 11 is 0. The fraction of sp³-hybridized carbons (Fsp3) is 0.273. The van der Waals surface area contributed by atoms with Gasteiger partial charge < -0.3 is 5.11 Å². The molecule has 1 rings (SSSR count). The third kappa shape index (κ3) is 7.28. The molecule has 1 N–H and O–H groups in total. The molecule has 1 aromatic carbocycles. The minimum absolute atomic E-state index is 0.379. The van der Waals surface area contributed by atoms with Crippen molar-refractivity contribution in [3.05, 3.63) is 84.0 Å². The van der Waals surface area contributed by atoms with Crippen LogP contribution in [0.15, 0.2) is 72.9 Å². The monoisotopic (exact) mass is 321 g/mol. The molecule has 0 aromatic heterocycles. The Kier molecular flexibility index (Phi) is 8.57. The first-order chi connectivity index (χ1) is 11.5. The van der Waals surface area contributed by atoms with E-state index in [4.69, 9.17) is 6.42 Å². The largest absolute Gasteiger partial charge is 0.392 e. The average Bonchev–Trinajstić information content (AvgIpc) is 2.55. The van der Waals surface area contributed by atoms with Gasteiger partial charge in [0.1, 0.15) is 0 Å². The molecule has 0 aliphatic heterocycles. The second kappa shape index (κ2) is 10.4. The van der Waals surface area contributed by atoms with Gasteiger partial charge in [0.2, 0.25) is 0 Å². The maximum Gasteiger partial charge on any atom is 0.0639 e. The molecule has 0 aliphatic rings. The number of rotatable bonds is 9. The summed E-state index contributed by atoms with van der Waals surface area (Å²) in [6.07, 6.45) is 12.6. The van der Waals surface area contributed by atoms with E-state index in [1.807, 2.05) is 30.3 Å². The molecule has 1 unspecified atom stereocenters. The minimum Gasteiger partial charge on any atom is -0.392 e. The van der Waals surface area contributed by atoms with Crippen LogP contribution in [-0.4, -0.2) is 29.2 Å². The molecule has 2 nitrogen and oxygen atoms in total. The van der Waals surface area contributed by atoms with Crippen molar-refractivity contribution in [3.63, 3.8) is 0 Å². The van der Waals surface area contributed by atoms with Crippen molar-refractivity contribution in [2.24, 2.45) is 0 Å². The quantitative estimate of drug-likeness (QED) is 0.547. The molecule has 0 spiro atoms. The van der Waals surface area contributed by atoms with Crippen LogP contribution in [0.1, 0.15) is 25.0 Å². The molecule has 126 valence electrons. The number of nitrogens with zero attached hydrogens (tertiary/aromatic N) is 1. The van der Waals surface area contributed by atoms with Gasteiger partial charge in [-0.25, -0.2) is 0 Å². The molecule has 0 aliphatic carbocycles. The van der Waals surface area contributed by atoms with Crippen molar-refractivity contribution in [1.29, 1.82) is 0 Å². The number of allylic oxidation sites excluding steroid dienone is 5. The van der Waals surface area contributed by atoms with E-state index in [-0.39, 0.29) is 6.10 Å². The highest BCUT2D eigenvalue weighted by molar-refractivity contribution is 5.34. The summed E-state index contributed by atoms with van der Waals surface area (Å²) in [7, 11) is 0. The highest BCUT2D eigenvalue weighted by Gasteiger charge is 2.09. The van der Waals surface area contributed by atoms with Gasteiger partial charge in [-0.2, -0.15) is 0 Å². The van der Waals surface area contributed by atoms with E-state index in [0.717, 1.165) is 24.2 Å². The molecule has 0 radical (unpaired) electrons. The molecular weight excluding hydrogens is 294 g/mol. The molecule has 0 saturated heterocycles. The lowest BCUT2D eigenvalue weighted by atomic mass is 10.1. The topological polar surface area (TPSA) is 23.5 Å². The van der Waals surface area contributed by atoms with E-state index in [0.29, 0.717) is 6.54 Å². The number of aliphatic hydroxyl groups is 1. The summed E-state index contributed by atoms with van der Waals surface area (Å²) in [4.78, 5) is 2.22. The molecule has 0 fully saturated rings. The summed E-state index contributed by atoms with van der Waals surface area (Å²) in [5.74, 6) is 2.62. The second-order valence-corrected chi connectivity index (χ2v) is 5.95. The van der Waals surface area contributed by atoms with E-state index >= 15 is 0 Å². The molecular formula is C22H27NO. The number of terminal acetylenes is 1. The van der Waals surface area contributed by atoms with E-state index in [1.54, 1.807) is 19.1 Å². The highest BCUT2D eigenvalue weighted by Crippen LogP contribution is 2.10. The zero-order chi connectivity index (χ0) is 17.9. The van der Waals surface area contributed by atoms with Crippen LogP contribution in [0.25, 0.3) is 0 Å². The lowest BCUT2D eigenvalue weighted by molar-refractivity contribution is 0.128. The van der Waals surface area contributed by atoms with Gasteiger partial charge in [0, 0.05) is 25.2 Å². The zero-order valence-corrected chi connectivity index (χ0v) is 14.7. The molecule has 24 heavy (non-hydrogen) atoms. The van der Waals surface area contributed by atoms with Crippen LogP contribution in [0.3, 0.4) is 0 Å². The minimum atomic E-state index is -0.379. The Labute approximate surface area is 146 Å². The van der Waals surface area contributed by atoms with Crippen molar-refractivity contribution in [2.75, 3.05) is 13.1 Å². The van der Waals surface area contributed by atoms with Crippen LogP contribution in [-0.2, 0) is 6.54 Å². The summed E-state index contributed by atoms with van der Waals surface area (Å²) in [6, 6.07) is 7.97. The van der Waals surface area contributed by atoms with Crippen LogP contribution in [0.2, 0.25) is 0 Å². The van der Waals surface area contributed by atoms with Gasteiger partial charge >= 0.3 is 0 Å². The number of hydrogen-bond acceptors (Lipinski definition) is 2. The Morgan fingerprint density at radius 1 is 1.25 bits per heavy atom.